The summed E-state index contributed by atoms with van der Waals surface area (Å²) in [5.74, 6) is -0.319. The zero-order valence-electron chi connectivity index (χ0n) is 17.9. The fourth-order valence-corrected chi connectivity index (χ4v) is 2.98. The van der Waals surface area contributed by atoms with Crippen molar-refractivity contribution in [2.75, 3.05) is 0 Å². The van der Waals surface area contributed by atoms with Crippen LogP contribution >= 0.6 is 0 Å². The Balaban J connectivity index is 2.27. The lowest BCUT2D eigenvalue weighted by Crippen LogP contribution is -2.45. The van der Waals surface area contributed by atoms with Crippen molar-refractivity contribution in [1.82, 2.24) is 5.32 Å². The van der Waals surface area contributed by atoms with E-state index in [0.717, 1.165) is 10.9 Å². The van der Waals surface area contributed by atoms with Gasteiger partial charge >= 0.3 is 17.7 Å². The molecule has 2 rings (SSSR count). The number of aryl methyl sites for hydroxylation is 2. The number of hydrogen-bond acceptors (Lipinski definition) is 6. The van der Waals surface area contributed by atoms with Crippen molar-refractivity contribution >= 4 is 23.0 Å². The number of amides is 1. The smallest absolute Gasteiger partial charge is 0.408 e. The second-order valence-electron chi connectivity index (χ2n) is 7.92. The number of benzene rings is 1. The maximum absolute atomic E-state index is 12.7. The van der Waals surface area contributed by atoms with Gasteiger partial charge in [-0.1, -0.05) is 20.3 Å². The van der Waals surface area contributed by atoms with E-state index in [1.54, 1.807) is 39.8 Å². The van der Waals surface area contributed by atoms with Gasteiger partial charge in [-0.2, -0.15) is 0 Å². The normalized spacial score (nSPS) is 12.5. The van der Waals surface area contributed by atoms with Gasteiger partial charge in [-0.05, 0) is 58.2 Å². The van der Waals surface area contributed by atoms with Crippen LogP contribution in [-0.2, 0) is 16.0 Å². The molecule has 1 amide bonds. The molecule has 1 N–H and O–H groups in total. The Bertz CT molecular complexity index is 954. The lowest BCUT2D eigenvalue weighted by Gasteiger charge is -2.23. The number of rotatable bonds is 6. The highest BCUT2D eigenvalue weighted by Crippen LogP contribution is 2.29. The van der Waals surface area contributed by atoms with Crippen LogP contribution < -0.4 is 15.7 Å². The van der Waals surface area contributed by atoms with Crippen molar-refractivity contribution in [3.8, 4) is 5.75 Å². The van der Waals surface area contributed by atoms with Crippen LogP contribution in [0.5, 0.6) is 5.75 Å². The van der Waals surface area contributed by atoms with Crippen LogP contribution in [0.1, 0.15) is 58.6 Å². The molecule has 0 saturated carbocycles. The molecular weight excluding hydrogens is 374 g/mol. The Morgan fingerprint density at radius 1 is 1.21 bits per heavy atom. The molecule has 0 bridgehead atoms. The molecule has 2 aromatic rings. The second-order valence-corrected chi connectivity index (χ2v) is 7.92. The summed E-state index contributed by atoms with van der Waals surface area (Å²) in [5.41, 5.74) is 0.695. The second kappa shape index (κ2) is 9.11. The van der Waals surface area contributed by atoms with Gasteiger partial charge in [0.05, 0.1) is 0 Å². The number of ether oxygens (including phenoxy) is 2. The van der Waals surface area contributed by atoms with Crippen LogP contribution in [0.2, 0.25) is 0 Å². The van der Waals surface area contributed by atoms with Gasteiger partial charge in [-0.25, -0.2) is 14.4 Å². The molecule has 158 valence electrons. The molecule has 7 nitrogen and oxygen atoms in total. The molecule has 0 unspecified atom stereocenters. The number of hydrogen-bond donors (Lipinski definition) is 1. The first-order valence-electron chi connectivity index (χ1n) is 9.83. The molecule has 0 aliphatic carbocycles. The van der Waals surface area contributed by atoms with Gasteiger partial charge in [-0.15, -0.1) is 0 Å². The molecule has 1 heterocycles. The van der Waals surface area contributed by atoms with Gasteiger partial charge in [-0.3, -0.25) is 0 Å². The van der Waals surface area contributed by atoms with E-state index in [-0.39, 0.29) is 5.75 Å². The molecule has 1 atom stereocenters. The fraction of sp³-hybridized carbons (Fsp3) is 0.500. The SMILES string of the molecule is CCC[C@H](NC(=O)OC(C)(C)C)C(=O)Oc1ccc2c(CC)cc(=O)oc2c1C. The first kappa shape index (κ1) is 22.5. The minimum atomic E-state index is -0.848. The zero-order valence-corrected chi connectivity index (χ0v) is 17.9. The number of alkyl carbamates (subject to hydrolysis) is 1. The van der Waals surface area contributed by atoms with Gasteiger partial charge in [0, 0.05) is 17.0 Å². The molecule has 0 saturated heterocycles. The van der Waals surface area contributed by atoms with Crippen LogP contribution in [0.25, 0.3) is 11.0 Å². The number of nitrogens with one attached hydrogen (secondary N) is 1. The summed E-state index contributed by atoms with van der Waals surface area (Å²) in [6.07, 6.45) is 1.07. The highest BCUT2D eigenvalue weighted by molar-refractivity contribution is 5.87. The number of fused-ring (bicyclic) bond motifs is 1. The van der Waals surface area contributed by atoms with E-state index in [4.69, 9.17) is 13.9 Å². The standard InChI is InChI=1S/C22H29NO6/c1-7-9-16(23-21(26)29-22(4,5)6)20(25)27-17-11-10-15-14(8-2)12-18(24)28-19(15)13(17)3/h10-12,16H,7-9H2,1-6H3,(H,23,26)/t16-/m0/s1. The molecule has 0 fully saturated rings. The molecule has 0 spiro atoms. The van der Waals surface area contributed by atoms with Crippen molar-refractivity contribution in [2.45, 2.75) is 72.4 Å². The summed E-state index contributed by atoms with van der Waals surface area (Å²) in [6.45, 7) is 10.8. The summed E-state index contributed by atoms with van der Waals surface area (Å²) < 4.78 is 16.1. The van der Waals surface area contributed by atoms with Crippen molar-refractivity contribution in [2.24, 2.45) is 0 Å². The molecule has 1 aromatic heterocycles. The lowest BCUT2D eigenvalue weighted by atomic mass is 10.0. The molecule has 0 radical (unpaired) electrons. The average molecular weight is 403 g/mol. The van der Waals surface area contributed by atoms with Gasteiger partial charge in [0.2, 0.25) is 0 Å². The fourth-order valence-electron chi connectivity index (χ4n) is 2.98. The number of carbonyl (C=O) groups is 2. The van der Waals surface area contributed by atoms with Gasteiger partial charge < -0.3 is 19.2 Å². The maximum atomic E-state index is 12.7. The zero-order chi connectivity index (χ0) is 21.8. The highest BCUT2D eigenvalue weighted by Gasteiger charge is 2.26. The Hall–Kier alpha value is -2.83. The third-order valence-corrected chi connectivity index (χ3v) is 4.34. The third kappa shape index (κ3) is 5.82. The Morgan fingerprint density at radius 2 is 1.90 bits per heavy atom. The van der Waals surface area contributed by atoms with Crippen LogP contribution in [0.3, 0.4) is 0 Å². The van der Waals surface area contributed by atoms with Crippen LogP contribution in [-0.4, -0.2) is 23.7 Å². The Morgan fingerprint density at radius 3 is 2.48 bits per heavy atom. The quantitative estimate of drug-likeness (QED) is 0.440. The van der Waals surface area contributed by atoms with Crippen molar-refractivity contribution in [3.63, 3.8) is 0 Å². The first-order chi connectivity index (χ1) is 13.6. The monoisotopic (exact) mass is 403 g/mol. The predicted molar refractivity (Wildman–Crippen MR) is 110 cm³/mol. The van der Waals surface area contributed by atoms with Crippen molar-refractivity contribution in [3.05, 3.63) is 39.7 Å². The summed E-state index contributed by atoms with van der Waals surface area (Å²) in [4.78, 5) is 36.6. The lowest BCUT2D eigenvalue weighted by molar-refractivity contribution is -0.137. The van der Waals surface area contributed by atoms with E-state index in [0.29, 0.717) is 30.4 Å². The minimum Gasteiger partial charge on any atom is -0.444 e. The number of carbonyl (C=O) groups excluding carboxylic acids is 2. The van der Waals surface area contributed by atoms with Crippen molar-refractivity contribution < 1.29 is 23.5 Å². The van der Waals surface area contributed by atoms with Crippen LogP contribution in [0.15, 0.2) is 27.4 Å². The molecular formula is C22H29NO6. The van der Waals surface area contributed by atoms with Crippen LogP contribution in [0, 0.1) is 6.92 Å². The predicted octanol–water partition coefficient (Wildman–Crippen LogP) is 4.26. The molecule has 1 aromatic carbocycles. The third-order valence-electron chi connectivity index (χ3n) is 4.34. The van der Waals surface area contributed by atoms with E-state index >= 15 is 0 Å². The number of esters is 1. The Labute approximate surface area is 170 Å². The van der Waals surface area contributed by atoms with Crippen LogP contribution in [0.4, 0.5) is 4.79 Å². The summed E-state index contributed by atoms with van der Waals surface area (Å²) in [5, 5.41) is 3.38. The van der Waals surface area contributed by atoms with Gasteiger partial charge in [0.15, 0.2) is 0 Å². The summed E-state index contributed by atoms with van der Waals surface area (Å²) in [6, 6.07) is 4.06. The molecule has 29 heavy (non-hydrogen) atoms. The molecule has 0 aliphatic heterocycles. The van der Waals surface area contributed by atoms with E-state index in [1.807, 2.05) is 13.8 Å². The van der Waals surface area contributed by atoms with Crippen molar-refractivity contribution in [1.29, 1.82) is 0 Å². The van der Waals surface area contributed by atoms with E-state index < -0.39 is 29.3 Å². The van der Waals surface area contributed by atoms with E-state index in [9.17, 15) is 14.4 Å². The Kier molecular flexibility index (Phi) is 7.06. The summed E-state index contributed by atoms with van der Waals surface area (Å²) >= 11 is 0. The summed E-state index contributed by atoms with van der Waals surface area (Å²) in [7, 11) is 0. The molecule has 7 heteroatoms. The van der Waals surface area contributed by atoms with E-state index in [2.05, 4.69) is 5.32 Å². The maximum Gasteiger partial charge on any atom is 0.408 e. The largest absolute Gasteiger partial charge is 0.444 e. The topological polar surface area (TPSA) is 94.8 Å². The first-order valence-corrected chi connectivity index (χ1v) is 9.83. The average Bonchev–Trinajstić information content (AvgIpc) is 2.61. The molecule has 0 aliphatic rings. The minimum absolute atomic E-state index is 0.283. The van der Waals surface area contributed by atoms with Gasteiger partial charge in [0.1, 0.15) is 23.0 Å². The van der Waals surface area contributed by atoms with E-state index in [1.165, 1.54) is 6.07 Å². The van der Waals surface area contributed by atoms with Gasteiger partial charge in [0.25, 0.3) is 0 Å². The highest BCUT2D eigenvalue weighted by atomic mass is 16.6.